The number of hydrogen-bond donors (Lipinski definition) is 1. The topological polar surface area (TPSA) is 61.5 Å². The van der Waals surface area contributed by atoms with E-state index in [2.05, 4.69) is 15.9 Å². The molecule has 0 spiro atoms. The van der Waals surface area contributed by atoms with E-state index in [-0.39, 0.29) is 6.61 Å². The Kier molecular flexibility index (Phi) is 5.09. The van der Waals surface area contributed by atoms with Crippen LogP contribution in [-0.4, -0.2) is 13.1 Å². The van der Waals surface area contributed by atoms with Crippen molar-refractivity contribution in [2.24, 2.45) is 0 Å². The number of ether oxygens (including phenoxy) is 2. The summed E-state index contributed by atoms with van der Waals surface area (Å²) in [5.41, 5.74) is 7.17. The first-order valence-corrected chi connectivity index (χ1v) is 7.23. The molecule has 0 unspecified atom stereocenters. The van der Waals surface area contributed by atoms with Gasteiger partial charge in [0.05, 0.1) is 17.1 Å². The second kappa shape index (κ2) is 6.83. The van der Waals surface area contributed by atoms with Crippen LogP contribution in [0.15, 0.2) is 40.9 Å². The van der Waals surface area contributed by atoms with Crippen molar-refractivity contribution in [2.75, 3.05) is 12.8 Å². The summed E-state index contributed by atoms with van der Waals surface area (Å²) in [6.07, 6.45) is 0. The number of rotatable bonds is 4. The predicted molar refractivity (Wildman–Crippen MR) is 85.7 cm³/mol. The van der Waals surface area contributed by atoms with Gasteiger partial charge in [-0.15, -0.1) is 0 Å². The monoisotopic (exact) mass is 369 g/mol. The average molecular weight is 371 g/mol. The van der Waals surface area contributed by atoms with Gasteiger partial charge in [0.25, 0.3) is 0 Å². The van der Waals surface area contributed by atoms with Gasteiger partial charge in [-0.25, -0.2) is 4.79 Å². The predicted octanol–water partition coefficient (Wildman–Crippen LogP) is 4.05. The number of benzene rings is 2. The molecule has 0 saturated heterocycles. The molecule has 0 aliphatic heterocycles. The molecule has 110 valence electrons. The summed E-state index contributed by atoms with van der Waals surface area (Å²) < 4.78 is 11.2. The van der Waals surface area contributed by atoms with Gasteiger partial charge < -0.3 is 15.2 Å². The van der Waals surface area contributed by atoms with E-state index in [1.54, 1.807) is 36.4 Å². The molecular weight excluding hydrogens is 358 g/mol. The van der Waals surface area contributed by atoms with E-state index in [0.29, 0.717) is 27.6 Å². The number of nitrogens with two attached hydrogens (primary N) is 1. The van der Waals surface area contributed by atoms with Gasteiger partial charge >= 0.3 is 5.97 Å². The molecule has 2 aromatic carbocycles. The molecule has 0 amide bonds. The summed E-state index contributed by atoms with van der Waals surface area (Å²) in [7, 11) is 1.31. The lowest BCUT2D eigenvalue weighted by atomic mass is 10.1. The van der Waals surface area contributed by atoms with Gasteiger partial charge in [0, 0.05) is 16.3 Å². The van der Waals surface area contributed by atoms with E-state index in [4.69, 9.17) is 26.8 Å². The maximum atomic E-state index is 11.8. The van der Waals surface area contributed by atoms with Crippen molar-refractivity contribution in [3.05, 3.63) is 57.0 Å². The molecule has 0 aromatic heterocycles. The maximum Gasteiger partial charge on any atom is 0.340 e. The summed E-state index contributed by atoms with van der Waals surface area (Å²) >= 11 is 9.25. The van der Waals surface area contributed by atoms with Crippen LogP contribution in [-0.2, 0) is 11.3 Å². The summed E-state index contributed by atoms with van der Waals surface area (Å²) in [6, 6.07) is 10.4. The average Bonchev–Trinajstić information content (AvgIpc) is 2.45. The van der Waals surface area contributed by atoms with Crippen molar-refractivity contribution in [2.45, 2.75) is 6.61 Å². The van der Waals surface area contributed by atoms with Gasteiger partial charge in [0.2, 0.25) is 0 Å². The van der Waals surface area contributed by atoms with Gasteiger partial charge in [-0.1, -0.05) is 23.7 Å². The van der Waals surface area contributed by atoms with Gasteiger partial charge in [-0.2, -0.15) is 0 Å². The fraction of sp³-hybridized carbons (Fsp3) is 0.133. The highest BCUT2D eigenvalue weighted by molar-refractivity contribution is 9.10. The molecule has 0 aliphatic rings. The third kappa shape index (κ3) is 3.68. The number of methoxy groups -OCH3 is 1. The quantitative estimate of drug-likeness (QED) is 0.651. The van der Waals surface area contributed by atoms with Crippen LogP contribution < -0.4 is 10.5 Å². The Labute approximate surface area is 135 Å². The Balaban J connectivity index is 2.24. The van der Waals surface area contributed by atoms with E-state index in [1.165, 1.54) is 7.11 Å². The number of nitrogen functional groups attached to an aromatic ring is 1. The van der Waals surface area contributed by atoms with Gasteiger partial charge in [-0.3, -0.25) is 0 Å². The molecule has 0 aliphatic carbocycles. The fourth-order valence-electron chi connectivity index (χ4n) is 1.84. The van der Waals surface area contributed by atoms with Gasteiger partial charge in [-0.05, 0) is 40.2 Å². The molecule has 0 heterocycles. The smallest absolute Gasteiger partial charge is 0.340 e. The standard InChI is InChI=1S/C15H13BrClNO3/c1-20-15(19)14-9(3-2-4-12(14)18)8-21-13-6-5-10(17)7-11(13)16/h2-7H,8,18H2,1H3. The normalized spacial score (nSPS) is 10.2. The van der Waals surface area contributed by atoms with Crippen LogP contribution in [0.4, 0.5) is 5.69 Å². The Morgan fingerprint density at radius 1 is 1.33 bits per heavy atom. The Hall–Kier alpha value is -1.72. The molecule has 2 N–H and O–H groups in total. The fourth-order valence-corrected chi connectivity index (χ4v) is 2.64. The van der Waals surface area contributed by atoms with E-state index >= 15 is 0 Å². The molecule has 0 fully saturated rings. The number of hydrogen-bond acceptors (Lipinski definition) is 4. The lowest BCUT2D eigenvalue weighted by molar-refractivity contribution is 0.0599. The zero-order valence-electron chi connectivity index (χ0n) is 11.2. The van der Waals surface area contributed by atoms with E-state index in [1.807, 2.05) is 0 Å². The van der Waals surface area contributed by atoms with Gasteiger partial charge in [0.15, 0.2) is 0 Å². The summed E-state index contributed by atoms with van der Waals surface area (Å²) in [4.78, 5) is 11.8. The van der Waals surface area contributed by atoms with Gasteiger partial charge in [0.1, 0.15) is 12.4 Å². The molecule has 21 heavy (non-hydrogen) atoms. The molecule has 2 rings (SSSR count). The van der Waals surface area contributed by atoms with Crippen LogP contribution in [0.2, 0.25) is 5.02 Å². The van der Waals surface area contributed by atoms with Crippen molar-refractivity contribution in [3.63, 3.8) is 0 Å². The zero-order chi connectivity index (χ0) is 15.4. The molecular formula is C15H13BrClNO3. The number of anilines is 1. The van der Waals surface area contributed by atoms with E-state index in [9.17, 15) is 4.79 Å². The highest BCUT2D eigenvalue weighted by Gasteiger charge is 2.16. The molecule has 0 radical (unpaired) electrons. The molecule has 6 heteroatoms. The molecule has 0 atom stereocenters. The minimum absolute atomic E-state index is 0.190. The first-order valence-electron chi connectivity index (χ1n) is 6.06. The minimum Gasteiger partial charge on any atom is -0.488 e. The molecule has 2 aromatic rings. The second-order valence-electron chi connectivity index (χ2n) is 4.24. The first-order chi connectivity index (χ1) is 10.0. The molecule has 0 saturated carbocycles. The SMILES string of the molecule is COC(=O)c1c(N)cccc1COc1ccc(Cl)cc1Br. The largest absolute Gasteiger partial charge is 0.488 e. The van der Waals surface area contributed by atoms with Crippen LogP contribution in [0.1, 0.15) is 15.9 Å². The lowest BCUT2D eigenvalue weighted by Gasteiger charge is -2.12. The van der Waals surface area contributed by atoms with E-state index in [0.717, 1.165) is 4.47 Å². The first kappa shape index (κ1) is 15.7. The van der Waals surface area contributed by atoms with E-state index < -0.39 is 5.97 Å². The highest BCUT2D eigenvalue weighted by Crippen LogP contribution is 2.29. The Morgan fingerprint density at radius 2 is 2.10 bits per heavy atom. The van der Waals surface area contributed by atoms with Crippen LogP contribution in [0.25, 0.3) is 0 Å². The van der Waals surface area contributed by atoms with Crippen molar-refractivity contribution in [3.8, 4) is 5.75 Å². The summed E-state index contributed by atoms with van der Waals surface area (Å²) in [6.45, 7) is 0.190. The summed E-state index contributed by atoms with van der Waals surface area (Å²) in [5.74, 6) is 0.138. The number of carbonyl (C=O) groups excluding carboxylic acids is 1. The molecule has 0 bridgehead atoms. The Morgan fingerprint density at radius 3 is 2.76 bits per heavy atom. The van der Waals surface area contributed by atoms with Crippen LogP contribution >= 0.6 is 27.5 Å². The number of esters is 1. The van der Waals surface area contributed by atoms with Crippen LogP contribution in [0.5, 0.6) is 5.75 Å². The number of carbonyl (C=O) groups is 1. The third-order valence-electron chi connectivity index (χ3n) is 2.85. The minimum atomic E-state index is -0.484. The maximum absolute atomic E-state index is 11.8. The lowest BCUT2D eigenvalue weighted by Crippen LogP contribution is -2.11. The zero-order valence-corrected chi connectivity index (χ0v) is 13.6. The third-order valence-corrected chi connectivity index (χ3v) is 3.70. The van der Waals surface area contributed by atoms with Crippen molar-refractivity contribution in [1.29, 1.82) is 0 Å². The highest BCUT2D eigenvalue weighted by atomic mass is 79.9. The van der Waals surface area contributed by atoms with Crippen molar-refractivity contribution < 1.29 is 14.3 Å². The second-order valence-corrected chi connectivity index (χ2v) is 5.53. The van der Waals surface area contributed by atoms with Crippen molar-refractivity contribution >= 4 is 39.2 Å². The molecule has 4 nitrogen and oxygen atoms in total. The Bertz CT molecular complexity index is 676. The summed E-state index contributed by atoms with van der Waals surface area (Å²) in [5, 5.41) is 0.605. The van der Waals surface area contributed by atoms with Crippen molar-refractivity contribution in [1.82, 2.24) is 0 Å². The van der Waals surface area contributed by atoms with Crippen LogP contribution in [0.3, 0.4) is 0 Å². The van der Waals surface area contributed by atoms with Crippen LogP contribution in [0, 0.1) is 0 Å². The number of halogens is 2.